The molecule has 0 atom stereocenters. The van der Waals surface area contributed by atoms with Gasteiger partial charge in [-0.25, -0.2) is 8.42 Å². The van der Waals surface area contributed by atoms with Crippen molar-refractivity contribution in [3.8, 4) is 0 Å². The zero-order valence-corrected chi connectivity index (χ0v) is 19.4. The molecule has 172 valence electrons. The van der Waals surface area contributed by atoms with E-state index in [1.54, 1.807) is 48.5 Å². The number of morpholine rings is 1. The van der Waals surface area contributed by atoms with Crippen molar-refractivity contribution >= 4 is 27.5 Å². The van der Waals surface area contributed by atoms with Crippen LogP contribution in [0, 0.1) is 0 Å². The van der Waals surface area contributed by atoms with Crippen LogP contribution < -0.4 is 10.6 Å². The Labute approximate surface area is 189 Å². The van der Waals surface area contributed by atoms with Gasteiger partial charge in [-0.05, 0) is 50.6 Å². The Hall–Kier alpha value is -2.75. The molecule has 0 bridgehead atoms. The summed E-state index contributed by atoms with van der Waals surface area (Å²) < 4.78 is 31.8. The molecule has 0 aliphatic carbocycles. The Morgan fingerprint density at radius 1 is 0.969 bits per heavy atom. The molecule has 2 aromatic carbocycles. The van der Waals surface area contributed by atoms with E-state index in [0.29, 0.717) is 48.7 Å². The summed E-state index contributed by atoms with van der Waals surface area (Å²) in [5.74, 6) is -0.800. The van der Waals surface area contributed by atoms with Crippen molar-refractivity contribution in [2.45, 2.75) is 32.1 Å². The van der Waals surface area contributed by atoms with Gasteiger partial charge in [0, 0.05) is 24.2 Å². The number of rotatable bonds is 6. The summed E-state index contributed by atoms with van der Waals surface area (Å²) in [6, 6.07) is 13.2. The molecule has 1 saturated heterocycles. The number of carbonyl (C=O) groups is 2. The SMILES string of the molecule is CC(C)(C)NC(=O)c1ccccc1NC(=O)c1ccc(CS(=O)(=O)N2CCOCC2)cc1. The first-order chi connectivity index (χ1) is 15.0. The molecule has 0 aromatic heterocycles. The van der Waals surface area contributed by atoms with E-state index in [0.717, 1.165) is 0 Å². The Morgan fingerprint density at radius 2 is 1.59 bits per heavy atom. The predicted molar refractivity (Wildman–Crippen MR) is 123 cm³/mol. The fraction of sp³-hybridized carbons (Fsp3) is 0.391. The molecule has 8 nitrogen and oxygen atoms in total. The van der Waals surface area contributed by atoms with Gasteiger partial charge in [-0.1, -0.05) is 24.3 Å². The van der Waals surface area contributed by atoms with Crippen LogP contribution in [0.4, 0.5) is 5.69 Å². The summed E-state index contributed by atoms with van der Waals surface area (Å²) in [4.78, 5) is 25.3. The van der Waals surface area contributed by atoms with Gasteiger partial charge in [-0.3, -0.25) is 9.59 Å². The standard InChI is InChI=1S/C23H29N3O5S/c1-23(2,3)25-22(28)19-6-4-5-7-20(19)24-21(27)18-10-8-17(9-11-18)16-32(29,30)26-12-14-31-15-13-26/h4-11H,12-16H2,1-3H3,(H,24,27)(H,25,28). The van der Waals surface area contributed by atoms with E-state index >= 15 is 0 Å². The summed E-state index contributed by atoms with van der Waals surface area (Å²) >= 11 is 0. The highest BCUT2D eigenvalue weighted by molar-refractivity contribution is 7.88. The largest absolute Gasteiger partial charge is 0.379 e. The highest BCUT2D eigenvalue weighted by Gasteiger charge is 2.24. The Kier molecular flexibility index (Phi) is 7.33. The minimum Gasteiger partial charge on any atom is -0.379 e. The second kappa shape index (κ2) is 9.81. The predicted octanol–water partition coefficient (Wildman–Crippen LogP) is 2.63. The molecule has 2 aromatic rings. The van der Waals surface area contributed by atoms with E-state index in [9.17, 15) is 18.0 Å². The third kappa shape index (κ3) is 6.38. The molecule has 1 fully saturated rings. The van der Waals surface area contributed by atoms with Crippen LogP contribution in [0.1, 0.15) is 47.1 Å². The number of nitrogens with one attached hydrogen (secondary N) is 2. The van der Waals surface area contributed by atoms with E-state index in [2.05, 4.69) is 10.6 Å². The van der Waals surface area contributed by atoms with Crippen LogP contribution in [0.15, 0.2) is 48.5 Å². The number of para-hydroxylation sites is 1. The lowest BCUT2D eigenvalue weighted by Crippen LogP contribution is -2.41. The van der Waals surface area contributed by atoms with E-state index in [-0.39, 0.29) is 17.6 Å². The van der Waals surface area contributed by atoms with E-state index in [1.807, 2.05) is 20.8 Å². The van der Waals surface area contributed by atoms with Gasteiger partial charge >= 0.3 is 0 Å². The normalized spacial score (nSPS) is 15.2. The van der Waals surface area contributed by atoms with Crippen molar-refractivity contribution in [3.05, 3.63) is 65.2 Å². The fourth-order valence-corrected chi connectivity index (χ4v) is 4.77. The van der Waals surface area contributed by atoms with Gasteiger partial charge in [0.2, 0.25) is 10.0 Å². The zero-order chi connectivity index (χ0) is 23.4. The summed E-state index contributed by atoms with van der Waals surface area (Å²) in [6.45, 7) is 7.14. The van der Waals surface area contributed by atoms with Gasteiger partial charge in [0.25, 0.3) is 11.8 Å². The van der Waals surface area contributed by atoms with Gasteiger partial charge in [0.15, 0.2) is 0 Å². The minimum atomic E-state index is -3.44. The molecule has 32 heavy (non-hydrogen) atoms. The van der Waals surface area contributed by atoms with E-state index < -0.39 is 15.6 Å². The summed E-state index contributed by atoms with van der Waals surface area (Å²) in [5, 5.41) is 5.66. The van der Waals surface area contributed by atoms with Gasteiger partial charge in [-0.2, -0.15) is 4.31 Å². The van der Waals surface area contributed by atoms with Crippen LogP contribution in [0.25, 0.3) is 0 Å². The molecule has 0 saturated carbocycles. The van der Waals surface area contributed by atoms with Crippen LogP contribution in [-0.2, 0) is 20.5 Å². The third-order valence-electron chi connectivity index (χ3n) is 4.84. The molecule has 2 amide bonds. The molecular weight excluding hydrogens is 430 g/mol. The summed E-state index contributed by atoms with van der Waals surface area (Å²) in [7, 11) is -3.44. The maximum Gasteiger partial charge on any atom is 0.255 e. The topological polar surface area (TPSA) is 105 Å². The van der Waals surface area contributed by atoms with Crippen molar-refractivity contribution in [2.75, 3.05) is 31.6 Å². The van der Waals surface area contributed by atoms with Crippen molar-refractivity contribution in [1.29, 1.82) is 0 Å². The molecule has 0 unspecified atom stereocenters. The van der Waals surface area contributed by atoms with Gasteiger partial charge in [0.1, 0.15) is 0 Å². The Morgan fingerprint density at radius 3 is 2.22 bits per heavy atom. The lowest BCUT2D eigenvalue weighted by atomic mass is 10.1. The van der Waals surface area contributed by atoms with Crippen LogP contribution in [-0.4, -0.2) is 56.4 Å². The van der Waals surface area contributed by atoms with Gasteiger partial charge in [0.05, 0.1) is 30.2 Å². The average Bonchev–Trinajstić information content (AvgIpc) is 2.74. The quantitative estimate of drug-likeness (QED) is 0.691. The lowest BCUT2D eigenvalue weighted by Gasteiger charge is -2.26. The monoisotopic (exact) mass is 459 g/mol. The first kappa shape index (κ1) is 23.9. The number of hydrogen-bond donors (Lipinski definition) is 2. The third-order valence-corrected chi connectivity index (χ3v) is 6.69. The number of benzene rings is 2. The Bertz CT molecular complexity index is 1070. The summed E-state index contributed by atoms with van der Waals surface area (Å²) in [6.07, 6.45) is 0. The number of ether oxygens (including phenoxy) is 1. The number of anilines is 1. The van der Waals surface area contributed by atoms with Crippen molar-refractivity contribution in [3.63, 3.8) is 0 Å². The second-order valence-electron chi connectivity index (χ2n) is 8.67. The first-order valence-electron chi connectivity index (χ1n) is 10.4. The minimum absolute atomic E-state index is 0.134. The first-order valence-corrected chi connectivity index (χ1v) is 12.0. The number of sulfonamides is 1. The summed E-state index contributed by atoms with van der Waals surface area (Å²) in [5.41, 5.74) is 1.31. The molecule has 1 aliphatic rings. The van der Waals surface area contributed by atoms with Crippen LogP contribution >= 0.6 is 0 Å². The maximum atomic E-state index is 12.7. The van der Waals surface area contributed by atoms with Gasteiger partial charge < -0.3 is 15.4 Å². The smallest absolute Gasteiger partial charge is 0.255 e. The zero-order valence-electron chi connectivity index (χ0n) is 18.6. The molecule has 1 heterocycles. The van der Waals surface area contributed by atoms with E-state index in [1.165, 1.54) is 4.31 Å². The van der Waals surface area contributed by atoms with Crippen molar-refractivity contribution in [2.24, 2.45) is 0 Å². The fourth-order valence-electron chi connectivity index (χ4n) is 3.27. The number of nitrogens with zero attached hydrogens (tertiary/aromatic N) is 1. The lowest BCUT2D eigenvalue weighted by molar-refractivity contribution is 0.0729. The highest BCUT2D eigenvalue weighted by Crippen LogP contribution is 2.19. The van der Waals surface area contributed by atoms with Crippen LogP contribution in [0.2, 0.25) is 0 Å². The molecule has 3 rings (SSSR count). The molecule has 1 aliphatic heterocycles. The highest BCUT2D eigenvalue weighted by atomic mass is 32.2. The van der Waals surface area contributed by atoms with Crippen LogP contribution in [0.5, 0.6) is 0 Å². The van der Waals surface area contributed by atoms with Crippen molar-refractivity contribution in [1.82, 2.24) is 9.62 Å². The molecule has 0 spiro atoms. The molecule has 9 heteroatoms. The van der Waals surface area contributed by atoms with Crippen LogP contribution in [0.3, 0.4) is 0 Å². The number of amides is 2. The molecule has 2 N–H and O–H groups in total. The van der Waals surface area contributed by atoms with Gasteiger partial charge in [-0.15, -0.1) is 0 Å². The Balaban J connectivity index is 1.69. The van der Waals surface area contributed by atoms with E-state index in [4.69, 9.17) is 4.74 Å². The van der Waals surface area contributed by atoms with Crippen molar-refractivity contribution < 1.29 is 22.7 Å². The number of carbonyl (C=O) groups excluding carboxylic acids is 2. The second-order valence-corrected chi connectivity index (χ2v) is 10.6. The maximum absolute atomic E-state index is 12.7. The molecular formula is C23H29N3O5S. The average molecular weight is 460 g/mol. The number of hydrogen-bond acceptors (Lipinski definition) is 5. The molecule has 0 radical (unpaired) electrons.